The molecule has 1 heterocycles. The molecule has 1 fully saturated rings. The molecule has 6 heteroatoms. The van der Waals surface area contributed by atoms with Crippen molar-refractivity contribution in [1.29, 1.82) is 0 Å². The summed E-state index contributed by atoms with van der Waals surface area (Å²) in [5.41, 5.74) is 0.199. The molecule has 1 aromatic heterocycles. The number of nitrogens with one attached hydrogen (secondary N) is 1. The van der Waals surface area contributed by atoms with Crippen LogP contribution in [0.4, 0.5) is 0 Å². The Balaban J connectivity index is 1.98. The fraction of sp³-hybridized carbons (Fsp3) is 0.538. The number of aromatic nitrogens is 2. The lowest BCUT2D eigenvalue weighted by molar-refractivity contribution is -0.143. The maximum absolute atomic E-state index is 11.9. The van der Waals surface area contributed by atoms with Crippen LogP contribution in [0.2, 0.25) is 0 Å². The molecule has 1 aliphatic rings. The quantitative estimate of drug-likeness (QED) is 0.799. The summed E-state index contributed by atoms with van der Waals surface area (Å²) in [6, 6.07) is -0.607. The molecule has 0 aromatic carbocycles. The molecule has 1 saturated carbocycles. The lowest BCUT2D eigenvalue weighted by atomic mass is 9.81. The Morgan fingerprint density at radius 3 is 2.79 bits per heavy atom. The second-order valence-corrected chi connectivity index (χ2v) is 4.67. The van der Waals surface area contributed by atoms with E-state index < -0.39 is 17.9 Å². The van der Waals surface area contributed by atoms with E-state index >= 15 is 0 Å². The first-order chi connectivity index (χ1) is 9.20. The Morgan fingerprint density at radius 1 is 1.47 bits per heavy atom. The molecule has 0 aliphatic heterocycles. The zero-order chi connectivity index (χ0) is 13.7. The second-order valence-electron chi connectivity index (χ2n) is 4.67. The minimum atomic E-state index is -0.607. The Hall–Kier alpha value is -1.98. The highest BCUT2D eigenvalue weighted by atomic mass is 16.5. The van der Waals surface area contributed by atoms with Gasteiger partial charge in [-0.3, -0.25) is 9.78 Å². The lowest BCUT2D eigenvalue weighted by Crippen LogP contribution is -2.43. The van der Waals surface area contributed by atoms with Crippen LogP contribution >= 0.6 is 0 Å². The number of carbonyl (C=O) groups excluding carboxylic acids is 2. The molecule has 0 bridgehead atoms. The Labute approximate surface area is 111 Å². The first-order valence-electron chi connectivity index (χ1n) is 6.35. The van der Waals surface area contributed by atoms with Gasteiger partial charge in [0.15, 0.2) is 0 Å². The minimum Gasteiger partial charge on any atom is -0.467 e. The molecule has 19 heavy (non-hydrogen) atoms. The molecule has 6 nitrogen and oxygen atoms in total. The largest absolute Gasteiger partial charge is 0.467 e. The van der Waals surface area contributed by atoms with Crippen LogP contribution in [0.3, 0.4) is 0 Å². The zero-order valence-electron chi connectivity index (χ0n) is 10.8. The number of carbonyl (C=O) groups is 2. The van der Waals surface area contributed by atoms with E-state index in [2.05, 4.69) is 15.3 Å². The molecule has 2 rings (SSSR count). The molecule has 102 valence electrons. The molecule has 1 aromatic rings. The summed E-state index contributed by atoms with van der Waals surface area (Å²) in [4.78, 5) is 31.4. The van der Waals surface area contributed by atoms with E-state index in [9.17, 15) is 9.59 Å². The molecule has 1 N–H and O–H groups in total. The van der Waals surface area contributed by atoms with Crippen LogP contribution in [0.1, 0.15) is 36.2 Å². The maximum atomic E-state index is 11.9. The summed E-state index contributed by atoms with van der Waals surface area (Å²) < 4.78 is 4.73. The number of amides is 1. The third-order valence-electron chi connectivity index (χ3n) is 3.38. The summed E-state index contributed by atoms with van der Waals surface area (Å²) in [6.45, 7) is 0. The highest BCUT2D eigenvalue weighted by Crippen LogP contribution is 2.30. The standard InChI is InChI=1S/C13H17N3O3/c1-19-13(18)10(7-9-3-2-4-9)16-12(17)11-8-14-5-6-15-11/h5-6,8-10H,2-4,7H2,1H3,(H,16,17)/t10-/m0/s1. The van der Waals surface area contributed by atoms with Gasteiger partial charge in [-0.25, -0.2) is 9.78 Å². The summed E-state index contributed by atoms with van der Waals surface area (Å²) in [5.74, 6) is -0.321. The maximum Gasteiger partial charge on any atom is 0.328 e. The highest BCUT2D eigenvalue weighted by Gasteiger charge is 2.28. The molecular weight excluding hydrogens is 246 g/mol. The van der Waals surface area contributed by atoms with Gasteiger partial charge in [-0.15, -0.1) is 0 Å². The molecule has 1 atom stereocenters. The van der Waals surface area contributed by atoms with Gasteiger partial charge in [0, 0.05) is 12.4 Å². The van der Waals surface area contributed by atoms with Crippen LogP contribution in [0.25, 0.3) is 0 Å². The van der Waals surface area contributed by atoms with Crippen molar-refractivity contribution in [3.63, 3.8) is 0 Å². The van der Waals surface area contributed by atoms with Crippen LogP contribution in [-0.2, 0) is 9.53 Å². The summed E-state index contributed by atoms with van der Waals surface area (Å²) in [5, 5.41) is 2.67. The minimum absolute atomic E-state index is 0.199. The van der Waals surface area contributed by atoms with E-state index in [4.69, 9.17) is 4.74 Å². The monoisotopic (exact) mass is 263 g/mol. The van der Waals surface area contributed by atoms with Crippen molar-refractivity contribution in [1.82, 2.24) is 15.3 Å². The number of ether oxygens (including phenoxy) is 1. The van der Waals surface area contributed by atoms with Crippen molar-refractivity contribution in [2.75, 3.05) is 7.11 Å². The molecule has 0 saturated heterocycles. The fourth-order valence-electron chi connectivity index (χ4n) is 2.07. The smallest absolute Gasteiger partial charge is 0.328 e. The van der Waals surface area contributed by atoms with E-state index in [1.165, 1.54) is 32.1 Å². The predicted molar refractivity (Wildman–Crippen MR) is 67.3 cm³/mol. The van der Waals surface area contributed by atoms with E-state index in [-0.39, 0.29) is 5.69 Å². The lowest BCUT2D eigenvalue weighted by Gasteiger charge is -2.28. The molecule has 1 aliphatic carbocycles. The summed E-state index contributed by atoms with van der Waals surface area (Å²) in [7, 11) is 1.32. The van der Waals surface area contributed by atoms with Gasteiger partial charge in [-0.05, 0) is 12.3 Å². The first kappa shape index (κ1) is 13.5. The van der Waals surface area contributed by atoms with Crippen molar-refractivity contribution < 1.29 is 14.3 Å². The van der Waals surface area contributed by atoms with Gasteiger partial charge in [-0.2, -0.15) is 0 Å². The first-order valence-corrected chi connectivity index (χ1v) is 6.35. The Morgan fingerprint density at radius 2 is 2.26 bits per heavy atom. The topological polar surface area (TPSA) is 81.2 Å². The molecule has 1 amide bonds. The third kappa shape index (κ3) is 3.49. The van der Waals surface area contributed by atoms with Gasteiger partial charge in [0.25, 0.3) is 5.91 Å². The summed E-state index contributed by atoms with van der Waals surface area (Å²) >= 11 is 0. The van der Waals surface area contributed by atoms with Gasteiger partial charge >= 0.3 is 5.97 Å². The number of rotatable bonds is 5. The van der Waals surface area contributed by atoms with Gasteiger partial charge in [-0.1, -0.05) is 19.3 Å². The van der Waals surface area contributed by atoms with E-state index in [0.717, 1.165) is 12.8 Å². The van der Waals surface area contributed by atoms with Gasteiger partial charge in [0.2, 0.25) is 0 Å². The molecular formula is C13H17N3O3. The number of hydrogen-bond donors (Lipinski definition) is 1. The van der Waals surface area contributed by atoms with Crippen molar-refractivity contribution in [3.8, 4) is 0 Å². The normalized spacial score (nSPS) is 16.3. The molecule has 0 radical (unpaired) electrons. The Bertz CT molecular complexity index is 446. The highest BCUT2D eigenvalue weighted by molar-refractivity contribution is 5.94. The van der Waals surface area contributed by atoms with Gasteiger partial charge in [0.05, 0.1) is 13.3 Å². The summed E-state index contributed by atoms with van der Waals surface area (Å²) in [6.07, 6.45) is 8.32. The van der Waals surface area contributed by atoms with Crippen molar-refractivity contribution >= 4 is 11.9 Å². The van der Waals surface area contributed by atoms with Crippen LogP contribution < -0.4 is 5.32 Å². The number of hydrogen-bond acceptors (Lipinski definition) is 5. The van der Waals surface area contributed by atoms with Crippen LogP contribution in [0.5, 0.6) is 0 Å². The Kier molecular flexibility index (Phi) is 4.43. The van der Waals surface area contributed by atoms with Crippen molar-refractivity contribution in [2.45, 2.75) is 31.7 Å². The average Bonchev–Trinajstić information content (AvgIpc) is 2.41. The average molecular weight is 263 g/mol. The van der Waals surface area contributed by atoms with E-state index in [1.807, 2.05) is 0 Å². The van der Waals surface area contributed by atoms with Gasteiger partial charge < -0.3 is 10.1 Å². The zero-order valence-corrected chi connectivity index (χ0v) is 10.8. The predicted octanol–water partition coefficient (Wildman–Crippen LogP) is 0.938. The second kappa shape index (κ2) is 6.26. The molecule has 0 unspecified atom stereocenters. The van der Waals surface area contributed by atoms with Crippen molar-refractivity contribution in [2.24, 2.45) is 5.92 Å². The van der Waals surface area contributed by atoms with Crippen molar-refractivity contribution in [3.05, 3.63) is 24.3 Å². The van der Waals surface area contributed by atoms with E-state index in [0.29, 0.717) is 12.3 Å². The van der Waals surface area contributed by atoms with E-state index in [1.54, 1.807) is 0 Å². The number of methoxy groups -OCH3 is 1. The SMILES string of the molecule is COC(=O)[C@H](CC1CCC1)NC(=O)c1cnccn1. The van der Waals surface area contributed by atoms with Crippen LogP contribution in [-0.4, -0.2) is 35.0 Å². The van der Waals surface area contributed by atoms with Crippen LogP contribution in [0.15, 0.2) is 18.6 Å². The van der Waals surface area contributed by atoms with Crippen LogP contribution in [0, 0.1) is 5.92 Å². The van der Waals surface area contributed by atoms with Gasteiger partial charge in [0.1, 0.15) is 11.7 Å². The third-order valence-corrected chi connectivity index (χ3v) is 3.38. The molecule has 0 spiro atoms. The number of esters is 1. The number of nitrogens with zero attached hydrogens (tertiary/aromatic N) is 2. The fourth-order valence-corrected chi connectivity index (χ4v) is 2.07.